The van der Waals surface area contributed by atoms with Crippen molar-refractivity contribution < 1.29 is 52.0 Å². The van der Waals surface area contributed by atoms with E-state index in [4.69, 9.17) is 60.1 Å². The first kappa shape index (κ1) is 47.2. The Morgan fingerprint density at radius 3 is 2.00 bits per heavy atom. The maximum atomic E-state index is 14.9. The minimum atomic E-state index is -1.20. The van der Waals surface area contributed by atoms with Crippen LogP contribution in [0.15, 0.2) is 66.9 Å². The van der Waals surface area contributed by atoms with Crippen LogP contribution < -0.4 is 24.3 Å². The molecule has 4 N–H and O–H groups in total. The summed E-state index contributed by atoms with van der Waals surface area (Å²) in [4.78, 5) is 62.1. The lowest BCUT2D eigenvalue weighted by atomic mass is 10.0. The summed E-state index contributed by atoms with van der Waals surface area (Å²) in [7, 11) is 5.92. The van der Waals surface area contributed by atoms with Crippen LogP contribution in [0.2, 0.25) is 5.02 Å². The monoisotopic (exact) mass is 953 g/mol. The lowest BCUT2D eigenvalue weighted by Crippen LogP contribution is -2.38. The number of nitrogens with one attached hydrogen (secondary N) is 3. The number of aromatic amines is 2. The van der Waals surface area contributed by atoms with Crippen LogP contribution in [-0.4, -0.2) is 136 Å². The first-order valence-corrected chi connectivity index (χ1v) is 20.1. The molecule has 5 aromatic rings. The molecule has 0 spiro atoms. The zero-order chi connectivity index (χ0) is 46.9. The van der Waals surface area contributed by atoms with Gasteiger partial charge in [-0.1, -0.05) is 11.6 Å². The fourth-order valence-electron chi connectivity index (χ4n) is 6.35. The Kier molecular flexibility index (Phi) is 15.2. The molecule has 340 valence electrons. The molecule has 4 heterocycles. The zero-order valence-corrected chi connectivity index (χ0v) is 37.1. The highest BCUT2D eigenvalue weighted by Crippen LogP contribution is 2.35. The van der Waals surface area contributed by atoms with E-state index in [0.717, 1.165) is 11.0 Å². The second-order valence-electron chi connectivity index (χ2n) is 13.8. The molecule has 3 amide bonds. The van der Waals surface area contributed by atoms with Gasteiger partial charge in [-0.3, -0.25) is 39.2 Å². The number of carbonyl (C=O) groups is 4. The van der Waals surface area contributed by atoms with Crippen LogP contribution in [0, 0.1) is 11.6 Å². The lowest BCUT2D eigenvalue weighted by Gasteiger charge is -2.19. The summed E-state index contributed by atoms with van der Waals surface area (Å²) in [6.45, 7) is -0.899. The van der Waals surface area contributed by atoms with Gasteiger partial charge in [0.2, 0.25) is 5.91 Å². The van der Waals surface area contributed by atoms with Gasteiger partial charge in [-0.25, -0.2) is 18.7 Å². The predicted octanol–water partition coefficient (Wildman–Crippen LogP) is 3.81. The molecule has 65 heavy (non-hydrogen) atoms. The maximum Gasteiger partial charge on any atom is 0.323 e. The van der Waals surface area contributed by atoms with E-state index in [1.54, 1.807) is 42.3 Å². The standard InChI is InChI=1S/C23H22ClFN6O4S.C17H16FN5O5S/c1-30-17(22(33)31(23(30)36)10-20(32)28-15-5-3-14(24)4-6-15)8-13-7-16(25)21(18(9-13)34-2)35-11-19-26-12-27-29-19;1-22-11(16(26)23(17(22)29)6-14(24)25)4-9-3-10(18)15(12(5-9)27-2)28-7-13-19-8-20-21-13/h3-7,9,12,17H,8,10-11H2,1-2H3,(H,28,32)(H,26,27,29);3-5,8H,6-7H2,1-2H3,(H,24,25)(H,19,20,21)/b;11-4+. The number of aliphatic carboxylic acids is 1. The van der Waals surface area contributed by atoms with Gasteiger partial charge >= 0.3 is 5.97 Å². The van der Waals surface area contributed by atoms with Crippen LogP contribution in [0.3, 0.4) is 0 Å². The third-order valence-electron chi connectivity index (χ3n) is 9.53. The molecule has 2 fully saturated rings. The molecular formula is C40H38ClF2N11O9S2. The number of likely N-dealkylation sites (N-methyl/N-ethyl adjacent to an activating group) is 2. The highest BCUT2D eigenvalue weighted by molar-refractivity contribution is 7.80. The third-order valence-corrected chi connectivity index (χ3v) is 10.8. The number of nitrogens with zero attached hydrogens (tertiary/aromatic N) is 8. The van der Waals surface area contributed by atoms with Crippen molar-refractivity contribution in [3.63, 3.8) is 0 Å². The molecule has 2 saturated heterocycles. The first-order valence-electron chi connectivity index (χ1n) is 18.9. The van der Waals surface area contributed by atoms with Gasteiger partial charge in [0.05, 0.1) is 14.2 Å². The number of hydrogen-bond donors (Lipinski definition) is 4. The Hall–Kier alpha value is -7.31. The number of hydrogen-bond acceptors (Lipinski definition) is 14. The number of H-pyrrole nitrogens is 2. The van der Waals surface area contributed by atoms with Crippen LogP contribution >= 0.6 is 36.0 Å². The van der Waals surface area contributed by atoms with Crippen LogP contribution in [0.4, 0.5) is 14.5 Å². The molecule has 0 bridgehead atoms. The number of thiocarbonyl (C=S) groups is 2. The molecular weight excluding hydrogens is 916 g/mol. The topological polar surface area (TPSA) is 234 Å². The van der Waals surface area contributed by atoms with Crippen molar-refractivity contribution in [2.24, 2.45) is 0 Å². The summed E-state index contributed by atoms with van der Waals surface area (Å²) < 4.78 is 51.0. The molecule has 0 aliphatic carbocycles. The zero-order valence-electron chi connectivity index (χ0n) is 34.7. The Morgan fingerprint density at radius 1 is 0.862 bits per heavy atom. The van der Waals surface area contributed by atoms with Gasteiger partial charge in [0.1, 0.15) is 50.7 Å². The fourth-order valence-corrected chi connectivity index (χ4v) is 7.01. The van der Waals surface area contributed by atoms with E-state index in [0.29, 0.717) is 33.5 Å². The Morgan fingerprint density at radius 2 is 1.45 bits per heavy atom. The second kappa shape index (κ2) is 20.9. The number of carbonyl (C=O) groups excluding carboxylic acids is 3. The number of carboxylic acid groups (broad SMARTS) is 1. The summed E-state index contributed by atoms with van der Waals surface area (Å²) in [5.41, 5.74) is 1.45. The maximum absolute atomic E-state index is 14.9. The smallest absolute Gasteiger partial charge is 0.323 e. The van der Waals surface area contributed by atoms with Crippen molar-refractivity contribution in [2.45, 2.75) is 25.7 Å². The quantitative estimate of drug-likeness (QED) is 0.0814. The lowest BCUT2D eigenvalue weighted by molar-refractivity contribution is -0.140. The minimum Gasteiger partial charge on any atom is -0.493 e. The molecule has 1 unspecified atom stereocenters. The van der Waals surface area contributed by atoms with Crippen molar-refractivity contribution >= 4 is 81.7 Å². The Balaban J connectivity index is 0.000000221. The molecule has 7 rings (SSSR count). The van der Waals surface area contributed by atoms with Gasteiger partial charge in [-0.15, -0.1) is 0 Å². The number of rotatable bonds is 16. The summed E-state index contributed by atoms with van der Waals surface area (Å²) in [5, 5.41) is 25.1. The van der Waals surface area contributed by atoms with Gasteiger partial charge in [-0.2, -0.15) is 10.2 Å². The van der Waals surface area contributed by atoms with E-state index in [2.05, 4.69) is 35.7 Å². The van der Waals surface area contributed by atoms with E-state index in [1.165, 1.54) is 61.9 Å². The largest absolute Gasteiger partial charge is 0.493 e. The average molecular weight is 954 g/mol. The van der Waals surface area contributed by atoms with Crippen molar-refractivity contribution in [1.82, 2.24) is 50.0 Å². The summed E-state index contributed by atoms with van der Waals surface area (Å²) in [6.07, 6.45) is 4.15. The Bertz CT molecular complexity index is 2620. The summed E-state index contributed by atoms with van der Waals surface area (Å²) >= 11 is 16.4. The van der Waals surface area contributed by atoms with Crippen molar-refractivity contribution in [3.8, 4) is 23.0 Å². The van der Waals surface area contributed by atoms with Crippen molar-refractivity contribution in [3.05, 3.63) is 106 Å². The number of aromatic nitrogens is 6. The number of anilines is 1. The van der Waals surface area contributed by atoms with Crippen LogP contribution in [-0.2, 0) is 38.8 Å². The van der Waals surface area contributed by atoms with Gasteiger partial charge in [0.25, 0.3) is 11.8 Å². The number of amides is 3. The molecule has 0 radical (unpaired) electrons. The summed E-state index contributed by atoms with van der Waals surface area (Å²) in [5.74, 6) is -3.04. The number of methoxy groups -OCH3 is 2. The highest BCUT2D eigenvalue weighted by atomic mass is 35.5. The van der Waals surface area contributed by atoms with E-state index in [1.807, 2.05) is 0 Å². The van der Waals surface area contributed by atoms with Crippen molar-refractivity contribution in [1.29, 1.82) is 0 Å². The normalized spacial score (nSPS) is 15.4. The van der Waals surface area contributed by atoms with Gasteiger partial charge in [0.15, 0.2) is 56.5 Å². The predicted molar refractivity (Wildman–Crippen MR) is 235 cm³/mol. The highest BCUT2D eigenvalue weighted by Gasteiger charge is 2.41. The van der Waals surface area contributed by atoms with Gasteiger partial charge in [-0.05, 0) is 90.2 Å². The molecule has 25 heteroatoms. The number of ether oxygens (including phenoxy) is 4. The molecule has 3 aromatic carbocycles. The van der Waals surface area contributed by atoms with E-state index < -0.39 is 42.0 Å². The molecule has 20 nitrogen and oxygen atoms in total. The first-order chi connectivity index (χ1) is 31.1. The molecule has 2 aromatic heterocycles. The van der Waals surface area contributed by atoms with Crippen molar-refractivity contribution in [2.75, 3.05) is 46.7 Å². The molecule has 1 atom stereocenters. The van der Waals surface area contributed by atoms with Crippen LogP contribution in [0.5, 0.6) is 23.0 Å². The third kappa shape index (κ3) is 11.3. The number of benzene rings is 3. The fraction of sp³-hybridized carbons (Fsp3) is 0.250. The minimum absolute atomic E-state index is 0.0300. The van der Waals surface area contributed by atoms with E-state index in [-0.39, 0.29) is 71.0 Å². The summed E-state index contributed by atoms with van der Waals surface area (Å²) in [6, 6.07) is 11.4. The second-order valence-corrected chi connectivity index (χ2v) is 15.0. The Labute approximate surface area is 384 Å². The van der Waals surface area contributed by atoms with Gasteiger partial charge < -0.3 is 39.2 Å². The number of halogens is 3. The molecule has 0 saturated carbocycles. The molecule has 2 aliphatic heterocycles. The number of carboxylic acids is 1. The van der Waals surface area contributed by atoms with Crippen LogP contribution in [0.25, 0.3) is 6.08 Å². The average Bonchev–Trinajstić information content (AvgIpc) is 4.08. The van der Waals surface area contributed by atoms with E-state index in [9.17, 15) is 28.0 Å². The van der Waals surface area contributed by atoms with E-state index >= 15 is 0 Å². The molecule has 2 aliphatic rings. The van der Waals surface area contributed by atoms with Crippen LogP contribution in [0.1, 0.15) is 22.8 Å². The SMILES string of the molecule is COc1cc(/C=C2\C(=O)N(CC(=O)O)C(=S)N2C)cc(F)c1OCc1ncn[nH]1.COc1cc(CC2C(=O)N(CC(=O)Nc3ccc(Cl)cc3)C(=S)N2C)cc(F)c1OCc1ncn[nH]1. The van der Waals surface area contributed by atoms with Gasteiger partial charge in [0, 0.05) is 31.2 Å².